The summed E-state index contributed by atoms with van der Waals surface area (Å²) in [7, 11) is 0. The van der Waals surface area contributed by atoms with E-state index in [9.17, 15) is 4.79 Å². The van der Waals surface area contributed by atoms with Crippen LogP contribution >= 0.6 is 0 Å². The molecular formula is C29H40N6O. The molecule has 1 fully saturated rings. The lowest BCUT2D eigenvalue weighted by atomic mass is 9.72. The van der Waals surface area contributed by atoms with E-state index in [-0.39, 0.29) is 11.5 Å². The molecule has 0 saturated carbocycles. The molecule has 0 radical (unpaired) electrons. The molecule has 2 aromatic rings. The van der Waals surface area contributed by atoms with Crippen LogP contribution in [0.1, 0.15) is 65.5 Å². The van der Waals surface area contributed by atoms with Gasteiger partial charge in [0, 0.05) is 38.2 Å². The Labute approximate surface area is 215 Å². The molecule has 0 unspecified atom stereocenters. The number of nitrogens with two attached hydrogens (primary N) is 1. The second-order valence-electron chi connectivity index (χ2n) is 10.8. The molecule has 1 aromatic heterocycles. The minimum Gasteiger partial charge on any atom is -0.383 e. The molecule has 1 aromatic carbocycles. The highest BCUT2D eigenvalue weighted by atomic mass is 16.1. The first-order valence-electron chi connectivity index (χ1n) is 13.0. The van der Waals surface area contributed by atoms with Crippen LogP contribution in [0, 0.1) is 11.3 Å². The molecule has 2 N–H and O–H groups in total. The fourth-order valence-corrected chi connectivity index (χ4v) is 5.32. The molecular weight excluding hydrogens is 448 g/mol. The maximum absolute atomic E-state index is 12.6. The number of aromatic nitrogens is 2. The van der Waals surface area contributed by atoms with Crippen molar-refractivity contribution in [1.29, 1.82) is 0 Å². The van der Waals surface area contributed by atoms with Crippen molar-refractivity contribution in [3.63, 3.8) is 0 Å². The zero-order valence-corrected chi connectivity index (χ0v) is 22.6. The summed E-state index contributed by atoms with van der Waals surface area (Å²) < 4.78 is 1.58. The van der Waals surface area contributed by atoms with E-state index >= 15 is 0 Å². The SMILES string of the molecule is CCc1c(CN2C=CN=C(N3CCC(C)(C(C)C)CC3)C2=C(C)C)cccc1-n1ccc(N)nc1=O. The van der Waals surface area contributed by atoms with Gasteiger partial charge in [0.2, 0.25) is 0 Å². The fourth-order valence-electron chi connectivity index (χ4n) is 5.32. The number of allylic oxidation sites excluding steroid dienone is 1. The zero-order chi connectivity index (χ0) is 26.0. The van der Waals surface area contributed by atoms with Gasteiger partial charge in [-0.15, -0.1) is 0 Å². The Morgan fingerprint density at radius 3 is 2.50 bits per heavy atom. The van der Waals surface area contributed by atoms with Gasteiger partial charge in [0.15, 0.2) is 5.84 Å². The first-order chi connectivity index (χ1) is 17.1. The normalized spacial score (nSPS) is 17.5. The van der Waals surface area contributed by atoms with E-state index in [1.165, 1.54) is 29.7 Å². The quantitative estimate of drug-likeness (QED) is 0.632. The van der Waals surface area contributed by atoms with Crippen LogP contribution in [0.15, 0.2) is 63.9 Å². The van der Waals surface area contributed by atoms with E-state index < -0.39 is 0 Å². The first-order valence-corrected chi connectivity index (χ1v) is 13.0. The maximum atomic E-state index is 12.6. The Bertz CT molecular complexity index is 1260. The molecule has 0 aliphatic carbocycles. The second kappa shape index (κ2) is 10.3. The van der Waals surface area contributed by atoms with Crippen molar-refractivity contribution in [2.75, 3.05) is 18.8 Å². The number of likely N-dealkylation sites (tertiary alicyclic amines) is 1. The number of rotatable bonds is 5. The van der Waals surface area contributed by atoms with E-state index in [0.717, 1.165) is 36.6 Å². The Morgan fingerprint density at radius 1 is 1.17 bits per heavy atom. The Morgan fingerprint density at radius 2 is 1.89 bits per heavy atom. The minimum absolute atomic E-state index is 0.232. The Hall–Kier alpha value is -3.35. The summed E-state index contributed by atoms with van der Waals surface area (Å²) in [4.78, 5) is 26.1. The predicted octanol–water partition coefficient (Wildman–Crippen LogP) is 5.11. The van der Waals surface area contributed by atoms with Crippen LogP contribution in [0.3, 0.4) is 0 Å². The third kappa shape index (κ3) is 4.97. The molecule has 3 heterocycles. The van der Waals surface area contributed by atoms with Crippen molar-refractivity contribution in [1.82, 2.24) is 19.4 Å². The van der Waals surface area contributed by atoms with Crippen molar-refractivity contribution >= 4 is 11.7 Å². The molecule has 7 heteroatoms. The summed E-state index contributed by atoms with van der Waals surface area (Å²) in [5.41, 5.74) is 11.3. The van der Waals surface area contributed by atoms with Crippen LogP contribution in [0.25, 0.3) is 5.69 Å². The number of nitrogen functional groups attached to an aromatic ring is 1. The monoisotopic (exact) mass is 488 g/mol. The smallest absolute Gasteiger partial charge is 0.354 e. The topological polar surface area (TPSA) is 79.8 Å². The fraction of sp³-hybridized carbons (Fsp3) is 0.483. The molecule has 192 valence electrons. The van der Waals surface area contributed by atoms with Gasteiger partial charge in [-0.25, -0.2) is 9.79 Å². The molecule has 36 heavy (non-hydrogen) atoms. The maximum Gasteiger partial charge on any atom is 0.354 e. The highest BCUT2D eigenvalue weighted by Crippen LogP contribution is 2.39. The van der Waals surface area contributed by atoms with Crippen molar-refractivity contribution in [3.8, 4) is 5.69 Å². The number of hydrogen-bond acceptors (Lipinski definition) is 6. The number of aliphatic imine (C=N–C) groups is 1. The van der Waals surface area contributed by atoms with E-state index in [0.29, 0.717) is 17.9 Å². The van der Waals surface area contributed by atoms with Gasteiger partial charge in [0.1, 0.15) is 5.82 Å². The molecule has 2 aliphatic heterocycles. The van der Waals surface area contributed by atoms with Crippen molar-refractivity contribution in [2.24, 2.45) is 16.3 Å². The van der Waals surface area contributed by atoms with Gasteiger partial charge in [0.05, 0.1) is 11.4 Å². The van der Waals surface area contributed by atoms with Crippen LogP contribution in [0.2, 0.25) is 0 Å². The highest BCUT2D eigenvalue weighted by molar-refractivity contribution is 5.99. The third-order valence-electron chi connectivity index (χ3n) is 8.04. The van der Waals surface area contributed by atoms with Crippen LogP contribution in [-0.4, -0.2) is 38.3 Å². The lowest BCUT2D eigenvalue weighted by Gasteiger charge is -2.44. The number of nitrogens with zero attached hydrogens (tertiary/aromatic N) is 5. The minimum atomic E-state index is -0.363. The largest absolute Gasteiger partial charge is 0.383 e. The predicted molar refractivity (Wildman–Crippen MR) is 148 cm³/mol. The van der Waals surface area contributed by atoms with Gasteiger partial charge in [0.25, 0.3) is 0 Å². The molecule has 7 nitrogen and oxygen atoms in total. The lowest BCUT2D eigenvalue weighted by Crippen LogP contribution is -2.46. The molecule has 0 atom stereocenters. The number of anilines is 1. The van der Waals surface area contributed by atoms with Crippen molar-refractivity contribution in [2.45, 2.75) is 67.3 Å². The molecule has 2 aliphatic rings. The molecule has 0 amide bonds. The average Bonchev–Trinajstić information content (AvgIpc) is 2.84. The van der Waals surface area contributed by atoms with Crippen molar-refractivity contribution < 1.29 is 0 Å². The third-order valence-corrected chi connectivity index (χ3v) is 8.04. The van der Waals surface area contributed by atoms with Gasteiger partial charge in [-0.2, -0.15) is 4.98 Å². The van der Waals surface area contributed by atoms with Gasteiger partial charge in [-0.3, -0.25) is 4.57 Å². The average molecular weight is 489 g/mol. The first kappa shape index (κ1) is 25.7. The summed E-state index contributed by atoms with van der Waals surface area (Å²) in [6, 6.07) is 7.79. The van der Waals surface area contributed by atoms with Crippen LogP contribution < -0.4 is 11.4 Å². The van der Waals surface area contributed by atoms with Gasteiger partial charge in [-0.1, -0.05) is 39.8 Å². The van der Waals surface area contributed by atoms with Crippen LogP contribution in [-0.2, 0) is 13.0 Å². The molecule has 4 rings (SSSR count). The van der Waals surface area contributed by atoms with Gasteiger partial charge in [-0.05, 0) is 73.3 Å². The molecule has 0 bridgehead atoms. The van der Waals surface area contributed by atoms with Crippen molar-refractivity contribution in [3.05, 3.63) is 75.7 Å². The summed E-state index contributed by atoms with van der Waals surface area (Å²) in [5.74, 6) is 1.97. The Balaban J connectivity index is 1.63. The van der Waals surface area contributed by atoms with Crippen LogP contribution in [0.5, 0.6) is 0 Å². The summed E-state index contributed by atoms with van der Waals surface area (Å²) >= 11 is 0. The van der Waals surface area contributed by atoms with E-state index in [1.54, 1.807) is 16.8 Å². The van der Waals surface area contributed by atoms with Crippen LogP contribution in [0.4, 0.5) is 5.82 Å². The number of amidine groups is 1. The standard InChI is InChI=1S/C29H40N6O/c1-7-23-22(9-8-10-24(23)35-15-11-25(30)32-28(35)36)19-34-18-14-31-27(26(34)20(2)3)33-16-12-29(6,13-17-33)21(4)5/h8-11,14-15,18,21H,7,12-13,16-17,19H2,1-6H3,(H2,30,32,36). The summed E-state index contributed by atoms with van der Waals surface area (Å²) in [6.45, 7) is 16.3. The second-order valence-corrected chi connectivity index (χ2v) is 10.8. The number of hydrogen-bond donors (Lipinski definition) is 1. The number of benzene rings is 1. The summed E-state index contributed by atoms with van der Waals surface area (Å²) in [6.07, 6.45) is 8.84. The highest BCUT2D eigenvalue weighted by Gasteiger charge is 2.35. The van der Waals surface area contributed by atoms with E-state index in [1.807, 2.05) is 18.3 Å². The zero-order valence-electron chi connectivity index (χ0n) is 22.6. The lowest BCUT2D eigenvalue weighted by molar-refractivity contribution is 0.112. The summed E-state index contributed by atoms with van der Waals surface area (Å²) in [5, 5.41) is 0. The van der Waals surface area contributed by atoms with Gasteiger partial charge >= 0.3 is 5.69 Å². The molecule has 0 spiro atoms. The van der Waals surface area contributed by atoms with E-state index in [4.69, 9.17) is 10.7 Å². The van der Waals surface area contributed by atoms with E-state index in [2.05, 4.69) is 68.6 Å². The Kier molecular flexibility index (Phi) is 7.38. The molecule has 1 saturated heterocycles. The number of piperidine rings is 1. The van der Waals surface area contributed by atoms with Gasteiger partial charge < -0.3 is 15.5 Å².